The number of hydrogen-bond donors (Lipinski definition) is 0. The summed E-state index contributed by atoms with van der Waals surface area (Å²) in [5, 5.41) is 1.14. The maximum absolute atomic E-state index is 5.60. The average molecular weight is 201 g/mol. The molecule has 1 unspecified atom stereocenters. The zero-order chi connectivity index (χ0) is 8.39. The second-order valence-corrected chi connectivity index (χ2v) is 5.16. The third-order valence-electron chi connectivity index (χ3n) is 1.73. The molecule has 12 heavy (non-hydrogen) atoms. The maximum Gasteiger partial charge on any atom is 0.123 e. The molecule has 1 aliphatic rings. The van der Waals surface area contributed by atoms with E-state index in [1.165, 1.54) is 4.88 Å². The number of hydrogen-bond acceptors (Lipinski definition) is 4. The summed E-state index contributed by atoms with van der Waals surface area (Å²) in [6.45, 7) is 2.95. The van der Waals surface area contributed by atoms with Crippen LogP contribution in [0.15, 0.2) is 6.20 Å². The number of thioether (sulfide) groups is 1. The third-order valence-corrected chi connectivity index (χ3v) is 3.73. The smallest absolute Gasteiger partial charge is 0.123 e. The van der Waals surface area contributed by atoms with Crippen molar-refractivity contribution in [2.75, 3.05) is 18.1 Å². The molecule has 2 rings (SSSR count). The average Bonchev–Trinajstić information content (AvgIpc) is 2.54. The van der Waals surface area contributed by atoms with Crippen LogP contribution >= 0.6 is 23.1 Å². The second-order valence-electron chi connectivity index (χ2n) is 2.74. The van der Waals surface area contributed by atoms with Gasteiger partial charge in [0, 0.05) is 22.6 Å². The minimum absolute atomic E-state index is 0.252. The van der Waals surface area contributed by atoms with E-state index >= 15 is 0 Å². The molecule has 0 radical (unpaired) electrons. The summed E-state index contributed by atoms with van der Waals surface area (Å²) in [4.78, 5) is 5.59. The van der Waals surface area contributed by atoms with Gasteiger partial charge in [-0.2, -0.15) is 11.8 Å². The molecule has 0 amide bonds. The molecule has 2 heterocycles. The largest absolute Gasteiger partial charge is 0.369 e. The molecule has 0 bridgehead atoms. The van der Waals surface area contributed by atoms with E-state index in [1.807, 2.05) is 18.0 Å². The number of aryl methyl sites for hydroxylation is 1. The first-order valence-electron chi connectivity index (χ1n) is 3.98. The Morgan fingerprint density at radius 2 is 2.58 bits per heavy atom. The zero-order valence-corrected chi connectivity index (χ0v) is 8.58. The van der Waals surface area contributed by atoms with Crippen LogP contribution in [-0.4, -0.2) is 23.1 Å². The molecule has 0 N–H and O–H groups in total. The molecule has 0 spiro atoms. The van der Waals surface area contributed by atoms with Crippen molar-refractivity contribution in [1.82, 2.24) is 4.98 Å². The molecular weight excluding hydrogens is 190 g/mol. The predicted octanol–water partition coefficient (Wildman–Crippen LogP) is 2.26. The van der Waals surface area contributed by atoms with E-state index < -0.39 is 0 Å². The molecule has 1 aromatic heterocycles. The van der Waals surface area contributed by atoms with Gasteiger partial charge >= 0.3 is 0 Å². The Morgan fingerprint density at radius 3 is 3.17 bits per heavy atom. The van der Waals surface area contributed by atoms with Crippen molar-refractivity contribution in [3.8, 4) is 0 Å². The predicted molar refractivity (Wildman–Crippen MR) is 52.9 cm³/mol. The lowest BCUT2D eigenvalue weighted by atomic mass is 10.4. The summed E-state index contributed by atoms with van der Waals surface area (Å²) in [7, 11) is 0. The molecular formula is C8H11NOS2. The van der Waals surface area contributed by atoms with Crippen molar-refractivity contribution in [1.29, 1.82) is 0 Å². The Hall–Kier alpha value is -0.0600. The topological polar surface area (TPSA) is 22.1 Å². The van der Waals surface area contributed by atoms with Gasteiger partial charge < -0.3 is 4.74 Å². The van der Waals surface area contributed by atoms with Crippen molar-refractivity contribution in [3.05, 3.63) is 16.1 Å². The number of rotatable bonds is 1. The summed E-state index contributed by atoms with van der Waals surface area (Å²) in [5.74, 6) is 2.19. The van der Waals surface area contributed by atoms with Crippen LogP contribution in [0.2, 0.25) is 0 Å². The summed E-state index contributed by atoms with van der Waals surface area (Å²) < 4.78 is 5.60. The van der Waals surface area contributed by atoms with Crippen LogP contribution in [-0.2, 0) is 4.74 Å². The monoisotopic (exact) mass is 201 g/mol. The fraction of sp³-hybridized carbons (Fsp3) is 0.625. The van der Waals surface area contributed by atoms with Crippen LogP contribution in [0, 0.1) is 6.92 Å². The highest BCUT2D eigenvalue weighted by Gasteiger charge is 2.18. The molecule has 1 atom stereocenters. The van der Waals surface area contributed by atoms with Crippen molar-refractivity contribution in [2.45, 2.75) is 13.0 Å². The first kappa shape index (κ1) is 8.53. The summed E-state index contributed by atoms with van der Waals surface area (Å²) >= 11 is 3.69. The van der Waals surface area contributed by atoms with E-state index in [2.05, 4.69) is 11.9 Å². The Kier molecular flexibility index (Phi) is 2.68. The summed E-state index contributed by atoms with van der Waals surface area (Å²) in [6.07, 6.45) is 2.17. The minimum atomic E-state index is 0.252. The fourth-order valence-electron chi connectivity index (χ4n) is 1.15. The van der Waals surface area contributed by atoms with Crippen molar-refractivity contribution >= 4 is 23.1 Å². The number of ether oxygens (including phenoxy) is 1. The molecule has 4 heteroatoms. The van der Waals surface area contributed by atoms with Gasteiger partial charge in [0.1, 0.15) is 11.1 Å². The Morgan fingerprint density at radius 1 is 1.67 bits per heavy atom. The number of thiazole rings is 1. The van der Waals surface area contributed by atoms with Crippen LogP contribution in [0.1, 0.15) is 16.0 Å². The Labute approximate surface area is 80.3 Å². The van der Waals surface area contributed by atoms with Gasteiger partial charge in [0.2, 0.25) is 0 Å². The fourth-order valence-corrected chi connectivity index (χ4v) is 2.93. The lowest BCUT2D eigenvalue weighted by Gasteiger charge is -2.19. The number of nitrogens with zero attached hydrogens (tertiary/aromatic N) is 1. The van der Waals surface area contributed by atoms with Crippen LogP contribution in [0.4, 0.5) is 0 Å². The van der Waals surface area contributed by atoms with E-state index in [0.717, 1.165) is 23.1 Å². The van der Waals surface area contributed by atoms with Gasteiger partial charge in [-0.05, 0) is 6.92 Å². The van der Waals surface area contributed by atoms with Gasteiger partial charge in [0.25, 0.3) is 0 Å². The van der Waals surface area contributed by atoms with Gasteiger partial charge in [-0.25, -0.2) is 4.98 Å². The molecule has 1 aromatic rings. The minimum Gasteiger partial charge on any atom is -0.369 e. The lowest BCUT2D eigenvalue weighted by Crippen LogP contribution is -2.15. The van der Waals surface area contributed by atoms with Crippen LogP contribution in [0.5, 0.6) is 0 Å². The molecule has 2 nitrogen and oxygen atoms in total. The van der Waals surface area contributed by atoms with Gasteiger partial charge in [-0.1, -0.05) is 0 Å². The van der Waals surface area contributed by atoms with Gasteiger partial charge in [-0.15, -0.1) is 11.3 Å². The van der Waals surface area contributed by atoms with E-state index in [0.29, 0.717) is 0 Å². The van der Waals surface area contributed by atoms with Gasteiger partial charge in [0.05, 0.1) is 6.61 Å². The molecule has 0 aromatic carbocycles. The van der Waals surface area contributed by atoms with Crippen LogP contribution in [0.3, 0.4) is 0 Å². The lowest BCUT2D eigenvalue weighted by molar-refractivity contribution is 0.0755. The molecule has 1 aliphatic heterocycles. The molecule has 0 saturated carbocycles. The maximum atomic E-state index is 5.60. The Balaban J connectivity index is 2.08. The van der Waals surface area contributed by atoms with Crippen LogP contribution in [0.25, 0.3) is 0 Å². The first-order chi connectivity index (χ1) is 5.86. The zero-order valence-electron chi connectivity index (χ0n) is 6.95. The van der Waals surface area contributed by atoms with Crippen LogP contribution < -0.4 is 0 Å². The van der Waals surface area contributed by atoms with Crippen molar-refractivity contribution < 1.29 is 4.74 Å². The highest BCUT2D eigenvalue weighted by atomic mass is 32.2. The SMILES string of the molecule is Cc1cnc(C2CSCCO2)s1. The van der Waals surface area contributed by atoms with Gasteiger partial charge in [0.15, 0.2) is 0 Å². The van der Waals surface area contributed by atoms with E-state index in [-0.39, 0.29) is 6.10 Å². The van der Waals surface area contributed by atoms with E-state index in [1.54, 1.807) is 11.3 Å². The molecule has 0 aliphatic carbocycles. The molecule has 1 saturated heterocycles. The normalized spacial score (nSPS) is 24.2. The Bertz CT molecular complexity index is 255. The quantitative estimate of drug-likeness (QED) is 0.696. The highest BCUT2D eigenvalue weighted by Crippen LogP contribution is 2.28. The van der Waals surface area contributed by atoms with Crippen molar-refractivity contribution in [3.63, 3.8) is 0 Å². The second kappa shape index (κ2) is 3.77. The summed E-state index contributed by atoms with van der Waals surface area (Å²) in [5.41, 5.74) is 0. The van der Waals surface area contributed by atoms with E-state index in [9.17, 15) is 0 Å². The van der Waals surface area contributed by atoms with Crippen molar-refractivity contribution in [2.24, 2.45) is 0 Å². The molecule has 1 fully saturated rings. The number of aromatic nitrogens is 1. The summed E-state index contributed by atoms with van der Waals surface area (Å²) in [6, 6.07) is 0. The van der Waals surface area contributed by atoms with E-state index in [4.69, 9.17) is 4.74 Å². The first-order valence-corrected chi connectivity index (χ1v) is 5.95. The standard InChI is InChI=1S/C8H11NOS2/c1-6-4-9-8(12-6)7-5-11-3-2-10-7/h4,7H,2-3,5H2,1H3. The third kappa shape index (κ3) is 1.81. The van der Waals surface area contributed by atoms with Gasteiger partial charge in [-0.3, -0.25) is 0 Å². The molecule has 66 valence electrons. The highest BCUT2D eigenvalue weighted by molar-refractivity contribution is 7.99.